The first-order valence-corrected chi connectivity index (χ1v) is 6.74. The molecule has 2 heterocycles. The Hall–Kier alpha value is -1.58. The van der Waals surface area contributed by atoms with Gasteiger partial charge in [-0.2, -0.15) is 0 Å². The second-order valence-electron chi connectivity index (χ2n) is 5.39. The van der Waals surface area contributed by atoms with E-state index in [0.717, 1.165) is 44.5 Å². The van der Waals surface area contributed by atoms with Gasteiger partial charge in [0.15, 0.2) is 0 Å². The molecule has 1 saturated heterocycles. The summed E-state index contributed by atoms with van der Waals surface area (Å²) in [5.74, 6) is 1.20. The number of likely N-dealkylation sites (tertiary alicyclic amines) is 1. The molecule has 1 aliphatic heterocycles. The number of nitrogens with two attached hydrogens (primary N) is 1. The highest BCUT2D eigenvalue weighted by Gasteiger charge is 2.35. The van der Waals surface area contributed by atoms with Gasteiger partial charge in [0.1, 0.15) is 0 Å². The first-order valence-electron chi connectivity index (χ1n) is 6.74. The lowest BCUT2D eigenvalue weighted by atomic mass is 9.93. The van der Waals surface area contributed by atoms with E-state index in [1.165, 1.54) is 0 Å². The zero-order chi connectivity index (χ0) is 12.5. The largest absolute Gasteiger partial charge is 0.397 e. The Bertz CT molecular complexity index is 431. The van der Waals surface area contributed by atoms with Gasteiger partial charge in [0.25, 0.3) is 0 Å². The quantitative estimate of drug-likeness (QED) is 0.864. The zero-order valence-corrected chi connectivity index (χ0v) is 10.5. The number of hydrogen-bond acceptors (Lipinski definition) is 3. The third-order valence-corrected chi connectivity index (χ3v) is 3.96. The highest BCUT2D eigenvalue weighted by Crippen LogP contribution is 2.34. The molecule has 2 N–H and O–H groups in total. The smallest absolute Gasteiger partial charge is 0.225 e. The second kappa shape index (κ2) is 4.59. The highest BCUT2D eigenvalue weighted by atomic mass is 16.2. The van der Waals surface area contributed by atoms with Gasteiger partial charge >= 0.3 is 0 Å². The Kier molecular flexibility index (Phi) is 2.94. The van der Waals surface area contributed by atoms with E-state index in [2.05, 4.69) is 4.98 Å². The highest BCUT2D eigenvalue weighted by molar-refractivity contribution is 5.81. The van der Waals surface area contributed by atoms with E-state index >= 15 is 0 Å². The molecule has 3 rings (SSSR count). The van der Waals surface area contributed by atoms with Crippen LogP contribution in [0.1, 0.15) is 37.3 Å². The minimum atomic E-state index is 0.344. The van der Waals surface area contributed by atoms with Crippen LogP contribution >= 0.6 is 0 Å². The average molecular weight is 245 g/mol. The van der Waals surface area contributed by atoms with Gasteiger partial charge in [0, 0.05) is 30.6 Å². The molecule has 4 heteroatoms. The maximum atomic E-state index is 11.9. The summed E-state index contributed by atoms with van der Waals surface area (Å²) >= 11 is 0. The molecule has 4 nitrogen and oxygen atoms in total. The number of anilines is 1. The summed E-state index contributed by atoms with van der Waals surface area (Å²) in [5.41, 5.74) is 7.46. The SMILES string of the molecule is Nc1ccc(C2CCN(C(=O)C3CC3)CC2)nc1. The summed E-state index contributed by atoms with van der Waals surface area (Å²) in [4.78, 5) is 18.4. The minimum Gasteiger partial charge on any atom is -0.397 e. The molecule has 0 bridgehead atoms. The van der Waals surface area contributed by atoms with Crippen LogP contribution in [0.4, 0.5) is 5.69 Å². The number of carbonyl (C=O) groups excluding carboxylic acids is 1. The van der Waals surface area contributed by atoms with E-state index in [-0.39, 0.29) is 0 Å². The van der Waals surface area contributed by atoms with Crippen LogP contribution in [-0.4, -0.2) is 28.9 Å². The number of nitrogens with zero attached hydrogens (tertiary/aromatic N) is 2. The number of rotatable bonds is 2. The van der Waals surface area contributed by atoms with Crippen LogP contribution in [0.15, 0.2) is 18.3 Å². The average Bonchev–Trinajstić information content (AvgIpc) is 3.23. The molecule has 2 aliphatic rings. The minimum absolute atomic E-state index is 0.344. The van der Waals surface area contributed by atoms with Gasteiger partial charge in [-0.15, -0.1) is 0 Å². The molecule has 0 aromatic carbocycles. The number of hydrogen-bond donors (Lipinski definition) is 1. The van der Waals surface area contributed by atoms with Crippen molar-refractivity contribution in [1.82, 2.24) is 9.88 Å². The van der Waals surface area contributed by atoms with Gasteiger partial charge in [-0.25, -0.2) is 0 Å². The molecule has 0 spiro atoms. The van der Waals surface area contributed by atoms with Crippen LogP contribution in [-0.2, 0) is 4.79 Å². The summed E-state index contributed by atoms with van der Waals surface area (Å²) in [7, 11) is 0. The number of piperidine rings is 1. The summed E-state index contributed by atoms with van der Waals surface area (Å²) < 4.78 is 0. The lowest BCUT2D eigenvalue weighted by molar-refractivity contribution is -0.133. The van der Waals surface area contributed by atoms with Crippen molar-refractivity contribution in [1.29, 1.82) is 0 Å². The van der Waals surface area contributed by atoms with Crippen molar-refractivity contribution in [2.45, 2.75) is 31.6 Å². The van der Waals surface area contributed by atoms with Crippen molar-refractivity contribution in [3.8, 4) is 0 Å². The van der Waals surface area contributed by atoms with E-state index in [1.54, 1.807) is 6.20 Å². The molecule has 1 aromatic rings. The first-order chi connectivity index (χ1) is 8.74. The molecule has 2 fully saturated rings. The van der Waals surface area contributed by atoms with Crippen LogP contribution in [0.2, 0.25) is 0 Å². The van der Waals surface area contributed by atoms with E-state index < -0.39 is 0 Å². The molecular weight excluding hydrogens is 226 g/mol. The zero-order valence-electron chi connectivity index (χ0n) is 10.5. The van der Waals surface area contributed by atoms with Crippen molar-refractivity contribution < 1.29 is 4.79 Å². The molecule has 96 valence electrons. The summed E-state index contributed by atoms with van der Waals surface area (Å²) in [6.45, 7) is 1.76. The van der Waals surface area contributed by atoms with Crippen molar-refractivity contribution in [3.63, 3.8) is 0 Å². The number of pyridine rings is 1. The maximum Gasteiger partial charge on any atom is 0.225 e. The van der Waals surface area contributed by atoms with Gasteiger partial charge in [-0.1, -0.05) is 0 Å². The molecule has 1 aromatic heterocycles. The Labute approximate surface area is 107 Å². The van der Waals surface area contributed by atoms with Crippen molar-refractivity contribution in [3.05, 3.63) is 24.0 Å². The Morgan fingerprint density at radius 1 is 1.22 bits per heavy atom. The Morgan fingerprint density at radius 2 is 1.94 bits per heavy atom. The fourth-order valence-corrected chi connectivity index (χ4v) is 2.64. The Morgan fingerprint density at radius 3 is 2.50 bits per heavy atom. The predicted molar refractivity (Wildman–Crippen MR) is 69.9 cm³/mol. The molecule has 0 radical (unpaired) electrons. The van der Waals surface area contributed by atoms with Gasteiger partial charge < -0.3 is 10.6 Å². The standard InChI is InChI=1S/C14H19N3O/c15-12-3-4-13(16-9-12)10-5-7-17(8-6-10)14(18)11-1-2-11/h3-4,9-11H,1-2,5-8,15H2. The summed E-state index contributed by atoms with van der Waals surface area (Å²) in [5, 5.41) is 0. The molecule has 1 saturated carbocycles. The molecule has 0 unspecified atom stereocenters. The normalized spacial score (nSPS) is 21.0. The fourth-order valence-electron chi connectivity index (χ4n) is 2.64. The van der Waals surface area contributed by atoms with Crippen LogP contribution in [0.3, 0.4) is 0 Å². The third kappa shape index (κ3) is 2.33. The summed E-state index contributed by atoms with van der Waals surface area (Å²) in [6.07, 6.45) is 5.96. The number of aromatic nitrogens is 1. The molecule has 18 heavy (non-hydrogen) atoms. The van der Waals surface area contributed by atoms with E-state index in [0.29, 0.717) is 23.4 Å². The van der Waals surface area contributed by atoms with E-state index in [4.69, 9.17) is 5.73 Å². The van der Waals surface area contributed by atoms with E-state index in [1.807, 2.05) is 17.0 Å². The maximum absolute atomic E-state index is 11.9. The molecular formula is C14H19N3O. The van der Waals surface area contributed by atoms with Crippen LogP contribution in [0, 0.1) is 5.92 Å². The molecule has 1 amide bonds. The number of amides is 1. The lowest BCUT2D eigenvalue weighted by Gasteiger charge is -2.31. The van der Waals surface area contributed by atoms with Crippen molar-refractivity contribution >= 4 is 11.6 Å². The van der Waals surface area contributed by atoms with Gasteiger partial charge in [-0.3, -0.25) is 9.78 Å². The van der Waals surface area contributed by atoms with Crippen molar-refractivity contribution in [2.75, 3.05) is 18.8 Å². The number of nitrogen functional groups attached to an aromatic ring is 1. The van der Waals surface area contributed by atoms with Gasteiger partial charge in [0.05, 0.1) is 11.9 Å². The Balaban J connectivity index is 1.59. The number of carbonyl (C=O) groups is 1. The topological polar surface area (TPSA) is 59.2 Å². The van der Waals surface area contributed by atoms with Crippen LogP contribution in [0.5, 0.6) is 0 Å². The van der Waals surface area contributed by atoms with Gasteiger partial charge in [-0.05, 0) is 37.8 Å². The fraction of sp³-hybridized carbons (Fsp3) is 0.571. The van der Waals surface area contributed by atoms with E-state index in [9.17, 15) is 4.79 Å². The predicted octanol–water partition coefficient (Wildman–Crippen LogP) is 1.78. The first kappa shape index (κ1) is 11.5. The monoisotopic (exact) mass is 245 g/mol. The van der Waals surface area contributed by atoms with Crippen LogP contribution in [0.25, 0.3) is 0 Å². The third-order valence-electron chi connectivity index (χ3n) is 3.96. The van der Waals surface area contributed by atoms with Crippen LogP contribution < -0.4 is 5.73 Å². The van der Waals surface area contributed by atoms with Crippen molar-refractivity contribution in [2.24, 2.45) is 5.92 Å². The summed E-state index contributed by atoms with van der Waals surface area (Å²) in [6, 6.07) is 3.92. The molecule has 0 atom stereocenters. The molecule has 1 aliphatic carbocycles. The lowest BCUT2D eigenvalue weighted by Crippen LogP contribution is -2.38. The second-order valence-corrected chi connectivity index (χ2v) is 5.39. The van der Waals surface area contributed by atoms with Gasteiger partial charge in [0.2, 0.25) is 5.91 Å².